The van der Waals surface area contributed by atoms with E-state index in [2.05, 4.69) is 37.3 Å². The molecule has 7 heteroatoms. The third-order valence-electron chi connectivity index (χ3n) is 4.66. The fourth-order valence-electron chi connectivity index (χ4n) is 3.18. The van der Waals surface area contributed by atoms with Gasteiger partial charge in [-0.25, -0.2) is 4.98 Å². The van der Waals surface area contributed by atoms with E-state index in [1.165, 1.54) is 0 Å². The molecule has 2 N–H and O–H groups in total. The molecular formula is C17H24N6O. The fourth-order valence-corrected chi connectivity index (χ4v) is 3.18. The number of hydrogen-bond donors (Lipinski definition) is 2. The minimum atomic E-state index is -0.331. The number of carbonyl (C=O) groups is 1. The number of likely N-dealkylation sites (tertiary alicyclic amines) is 1. The Morgan fingerprint density at radius 1 is 1.42 bits per heavy atom. The summed E-state index contributed by atoms with van der Waals surface area (Å²) in [5, 5.41) is 10.1. The number of nitrogens with zero attached hydrogens (tertiary/aromatic N) is 4. The third kappa shape index (κ3) is 3.62. The molecule has 3 rings (SSSR count). The van der Waals surface area contributed by atoms with Gasteiger partial charge in [0.2, 0.25) is 5.91 Å². The van der Waals surface area contributed by atoms with Gasteiger partial charge in [-0.15, -0.1) is 0 Å². The van der Waals surface area contributed by atoms with Crippen LogP contribution in [0.5, 0.6) is 0 Å². The van der Waals surface area contributed by atoms with E-state index in [0.717, 1.165) is 38.0 Å². The van der Waals surface area contributed by atoms with Gasteiger partial charge in [-0.1, -0.05) is 6.92 Å². The number of nitrogens with one attached hydrogen (secondary N) is 2. The van der Waals surface area contributed by atoms with Crippen LogP contribution in [0.3, 0.4) is 0 Å². The summed E-state index contributed by atoms with van der Waals surface area (Å²) in [5.41, 5.74) is 0.569. The summed E-state index contributed by atoms with van der Waals surface area (Å²) in [4.78, 5) is 23.4. The summed E-state index contributed by atoms with van der Waals surface area (Å²) in [6, 6.07) is 3.71. The van der Waals surface area contributed by atoms with Crippen molar-refractivity contribution in [2.24, 2.45) is 5.41 Å². The van der Waals surface area contributed by atoms with Gasteiger partial charge in [0.15, 0.2) is 5.82 Å². The van der Waals surface area contributed by atoms with E-state index in [-0.39, 0.29) is 11.3 Å². The molecule has 0 spiro atoms. The maximum absolute atomic E-state index is 12.6. The number of aromatic amines is 1. The number of piperidine rings is 1. The highest BCUT2D eigenvalue weighted by Crippen LogP contribution is 2.29. The highest BCUT2D eigenvalue weighted by molar-refractivity contribution is 5.82. The molecule has 1 aliphatic rings. The van der Waals surface area contributed by atoms with Crippen molar-refractivity contribution < 1.29 is 4.79 Å². The van der Waals surface area contributed by atoms with Gasteiger partial charge < -0.3 is 10.2 Å². The molecule has 2 aromatic heterocycles. The highest BCUT2D eigenvalue weighted by Gasteiger charge is 2.37. The van der Waals surface area contributed by atoms with Crippen molar-refractivity contribution in [3.8, 4) is 11.4 Å². The van der Waals surface area contributed by atoms with E-state index in [1.807, 2.05) is 19.1 Å². The molecule has 0 unspecified atom stereocenters. The van der Waals surface area contributed by atoms with E-state index in [4.69, 9.17) is 0 Å². The van der Waals surface area contributed by atoms with Gasteiger partial charge in [0, 0.05) is 24.5 Å². The average Bonchev–Trinajstić information content (AvgIpc) is 3.09. The summed E-state index contributed by atoms with van der Waals surface area (Å²) < 4.78 is 0. The Bertz CT molecular complexity index is 685. The predicted molar refractivity (Wildman–Crippen MR) is 90.9 cm³/mol. The largest absolute Gasteiger partial charge is 0.348 e. The van der Waals surface area contributed by atoms with Gasteiger partial charge in [0.05, 0.1) is 12.0 Å². The number of hydrogen-bond acceptors (Lipinski definition) is 5. The molecule has 2 aromatic rings. The van der Waals surface area contributed by atoms with Crippen LogP contribution < -0.4 is 5.32 Å². The Kier molecular flexibility index (Phi) is 4.89. The lowest BCUT2D eigenvalue weighted by Gasteiger charge is -2.38. The van der Waals surface area contributed by atoms with E-state index < -0.39 is 0 Å². The molecule has 128 valence electrons. The van der Waals surface area contributed by atoms with Gasteiger partial charge in [-0.3, -0.25) is 14.9 Å². The molecule has 7 nitrogen and oxygen atoms in total. The first-order valence-electron chi connectivity index (χ1n) is 8.43. The molecule has 0 bridgehead atoms. The Hall–Kier alpha value is -2.28. The molecule has 0 saturated carbocycles. The lowest BCUT2D eigenvalue weighted by molar-refractivity contribution is -0.133. The van der Waals surface area contributed by atoms with Crippen LogP contribution >= 0.6 is 0 Å². The Morgan fingerprint density at radius 2 is 2.21 bits per heavy atom. The first-order chi connectivity index (χ1) is 11.6. The van der Waals surface area contributed by atoms with E-state index in [9.17, 15) is 4.79 Å². The molecular weight excluding hydrogens is 304 g/mol. The number of amides is 1. The lowest BCUT2D eigenvalue weighted by Crippen LogP contribution is -2.50. The summed E-state index contributed by atoms with van der Waals surface area (Å²) in [7, 11) is 0. The topological polar surface area (TPSA) is 86.8 Å². The maximum Gasteiger partial charge on any atom is 0.227 e. The summed E-state index contributed by atoms with van der Waals surface area (Å²) in [6.45, 7) is 7.43. The van der Waals surface area contributed by atoms with Crippen LogP contribution in [0.2, 0.25) is 0 Å². The van der Waals surface area contributed by atoms with Crippen LogP contribution in [0.25, 0.3) is 11.4 Å². The van der Waals surface area contributed by atoms with Crippen molar-refractivity contribution in [1.29, 1.82) is 0 Å². The van der Waals surface area contributed by atoms with Gasteiger partial charge >= 0.3 is 0 Å². The first kappa shape index (κ1) is 16.6. The van der Waals surface area contributed by atoms with Crippen LogP contribution in [0, 0.1) is 5.41 Å². The number of aromatic nitrogens is 4. The second-order valence-electron chi connectivity index (χ2n) is 6.56. The number of rotatable bonds is 5. The fraction of sp³-hybridized carbons (Fsp3) is 0.529. The standard InChI is InChI=1S/C17H24N6O/c1-3-23-10-4-7-17(2,12-23)16(24)19-11-14-20-15(22-21-14)13-5-8-18-9-6-13/h5-6,8-9H,3-4,7,10-12H2,1-2H3,(H,19,24)(H,20,21,22)/t17-/m1/s1. The first-order valence-corrected chi connectivity index (χ1v) is 8.43. The second kappa shape index (κ2) is 7.09. The van der Waals surface area contributed by atoms with Crippen molar-refractivity contribution in [3.05, 3.63) is 30.4 Å². The smallest absolute Gasteiger partial charge is 0.227 e. The SMILES string of the molecule is CCN1CCC[C@@](C)(C(=O)NCc2nc(-c3ccncc3)n[nH]2)C1. The lowest BCUT2D eigenvalue weighted by atomic mass is 9.81. The summed E-state index contributed by atoms with van der Waals surface area (Å²) in [6.07, 6.45) is 5.40. The zero-order chi connectivity index (χ0) is 17.0. The van der Waals surface area contributed by atoms with Crippen molar-refractivity contribution in [1.82, 2.24) is 30.4 Å². The van der Waals surface area contributed by atoms with Crippen molar-refractivity contribution >= 4 is 5.91 Å². The number of H-pyrrole nitrogens is 1. The molecule has 1 fully saturated rings. The Labute approximate surface area is 141 Å². The third-order valence-corrected chi connectivity index (χ3v) is 4.66. The molecule has 3 heterocycles. The minimum absolute atomic E-state index is 0.0857. The van der Waals surface area contributed by atoms with Crippen molar-refractivity contribution in [3.63, 3.8) is 0 Å². The molecule has 24 heavy (non-hydrogen) atoms. The van der Waals surface area contributed by atoms with E-state index >= 15 is 0 Å². The van der Waals surface area contributed by atoms with Gasteiger partial charge in [-0.05, 0) is 45.0 Å². The molecule has 1 amide bonds. The molecule has 0 aliphatic carbocycles. The van der Waals surface area contributed by atoms with Crippen LogP contribution in [-0.4, -0.2) is 50.6 Å². The van der Waals surface area contributed by atoms with Crippen molar-refractivity contribution in [2.45, 2.75) is 33.2 Å². The average molecular weight is 328 g/mol. The monoisotopic (exact) mass is 328 g/mol. The van der Waals surface area contributed by atoms with Crippen LogP contribution in [-0.2, 0) is 11.3 Å². The molecule has 0 aromatic carbocycles. The number of carbonyl (C=O) groups excluding carboxylic acids is 1. The van der Waals surface area contributed by atoms with Gasteiger partial charge in [-0.2, -0.15) is 5.10 Å². The highest BCUT2D eigenvalue weighted by atomic mass is 16.2. The molecule has 1 saturated heterocycles. The second-order valence-corrected chi connectivity index (χ2v) is 6.56. The van der Waals surface area contributed by atoms with Crippen molar-refractivity contribution in [2.75, 3.05) is 19.6 Å². The summed E-state index contributed by atoms with van der Waals surface area (Å²) >= 11 is 0. The van der Waals surface area contributed by atoms with Crippen LogP contribution in [0.15, 0.2) is 24.5 Å². The number of pyridine rings is 1. The van der Waals surface area contributed by atoms with Crippen LogP contribution in [0.4, 0.5) is 0 Å². The molecule has 1 atom stereocenters. The van der Waals surface area contributed by atoms with Gasteiger partial charge in [0.25, 0.3) is 0 Å². The normalized spacial score (nSPS) is 21.6. The van der Waals surface area contributed by atoms with Crippen LogP contribution in [0.1, 0.15) is 32.5 Å². The summed E-state index contributed by atoms with van der Waals surface area (Å²) in [5.74, 6) is 1.35. The zero-order valence-corrected chi connectivity index (χ0v) is 14.2. The zero-order valence-electron chi connectivity index (χ0n) is 14.2. The Balaban J connectivity index is 1.59. The van der Waals surface area contributed by atoms with E-state index in [1.54, 1.807) is 12.4 Å². The molecule has 1 aliphatic heterocycles. The predicted octanol–water partition coefficient (Wildman–Crippen LogP) is 1.60. The van der Waals surface area contributed by atoms with E-state index in [0.29, 0.717) is 18.2 Å². The quantitative estimate of drug-likeness (QED) is 0.871. The minimum Gasteiger partial charge on any atom is -0.348 e. The maximum atomic E-state index is 12.6. The van der Waals surface area contributed by atoms with Gasteiger partial charge in [0.1, 0.15) is 5.82 Å². The molecule has 0 radical (unpaired) electrons. The Morgan fingerprint density at radius 3 is 2.96 bits per heavy atom.